The van der Waals surface area contributed by atoms with Crippen LogP contribution in [-0.2, 0) is 11.2 Å². The van der Waals surface area contributed by atoms with Gasteiger partial charge in [0.1, 0.15) is 0 Å². The Morgan fingerprint density at radius 1 is 1.13 bits per heavy atom. The van der Waals surface area contributed by atoms with Crippen LogP contribution in [0.4, 0.5) is 0 Å². The van der Waals surface area contributed by atoms with Gasteiger partial charge in [0, 0.05) is 49.1 Å². The van der Waals surface area contributed by atoms with Crippen LogP contribution < -0.4 is 0 Å². The van der Waals surface area contributed by atoms with E-state index in [0.29, 0.717) is 55.5 Å². The molecule has 0 aromatic heterocycles. The monoisotopic (exact) mass is 356 g/mol. The molecule has 0 atom stereocenters. The summed E-state index contributed by atoms with van der Waals surface area (Å²) >= 11 is 11.8. The van der Waals surface area contributed by atoms with E-state index in [2.05, 4.69) is 0 Å². The van der Waals surface area contributed by atoms with Crippen molar-refractivity contribution in [1.29, 1.82) is 0 Å². The molecule has 2 amide bonds. The lowest BCUT2D eigenvalue weighted by atomic mass is 10.1. The van der Waals surface area contributed by atoms with Gasteiger partial charge >= 0.3 is 0 Å². The van der Waals surface area contributed by atoms with Gasteiger partial charge in [-0.25, -0.2) is 0 Å². The molecule has 6 heteroatoms. The molecular formula is C17H22Cl2N2O2. The number of benzene rings is 1. The molecule has 4 nitrogen and oxygen atoms in total. The Morgan fingerprint density at radius 2 is 1.78 bits per heavy atom. The fourth-order valence-electron chi connectivity index (χ4n) is 2.68. The highest BCUT2D eigenvalue weighted by Gasteiger charge is 2.24. The van der Waals surface area contributed by atoms with Crippen LogP contribution in [0, 0.1) is 0 Å². The summed E-state index contributed by atoms with van der Waals surface area (Å²) in [6.07, 6.45) is 2.02. The minimum atomic E-state index is -0.0255. The smallest absolute Gasteiger partial charge is 0.254 e. The molecule has 1 aromatic rings. The van der Waals surface area contributed by atoms with E-state index in [-0.39, 0.29) is 11.8 Å². The molecule has 0 unspecified atom stereocenters. The lowest BCUT2D eigenvalue weighted by Crippen LogP contribution is -2.50. The van der Waals surface area contributed by atoms with Crippen molar-refractivity contribution in [2.75, 3.05) is 32.1 Å². The molecule has 0 aliphatic carbocycles. The van der Waals surface area contributed by atoms with Gasteiger partial charge in [-0.05, 0) is 30.5 Å². The molecular weight excluding hydrogens is 335 g/mol. The average Bonchev–Trinajstić information content (AvgIpc) is 2.59. The molecule has 0 radical (unpaired) electrons. The van der Waals surface area contributed by atoms with Gasteiger partial charge in [-0.2, -0.15) is 0 Å². The number of halogens is 2. The van der Waals surface area contributed by atoms with Crippen LogP contribution >= 0.6 is 23.2 Å². The maximum Gasteiger partial charge on any atom is 0.254 e. The molecule has 1 saturated heterocycles. The number of hydrogen-bond acceptors (Lipinski definition) is 2. The average molecular weight is 357 g/mol. The van der Waals surface area contributed by atoms with Gasteiger partial charge in [0.05, 0.1) is 0 Å². The maximum atomic E-state index is 12.5. The minimum Gasteiger partial charge on any atom is -0.339 e. The van der Waals surface area contributed by atoms with Crippen LogP contribution in [0.2, 0.25) is 5.02 Å². The van der Waals surface area contributed by atoms with Crippen LogP contribution in [0.1, 0.15) is 35.7 Å². The molecule has 1 fully saturated rings. The third-order valence-electron chi connectivity index (χ3n) is 4.12. The fraction of sp³-hybridized carbons (Fsp3) is 0.529. The first-order valence-electron chi connectivity index (χ1n) is 7.98. The predicted octanol–water partition coefficient (Wildman–Crippen LogP) is 3.21. The summed E-state index contributed by atoms with van der Waals surface area (Å²) in [5.41, 5.74) is 1.65. The SMILES string of the molecule is CCc1ccc(C(=O)N2CCN(C(=O)CCCCl)CC2)cc1Cl. The number of rotatable bonds is 5. The molecule has 0 bridgehead atoms. The van der Waals surface area contributed by atoms with Crippen LogP contribution in [0.3, 0.4) is 0 Å². The van der Waals surface area contributed by atoms with Crippen LogP contribution in [0.15, 0.2) is 18.2 Å². The van der Waals surface area contributed by atoms with E-state index in [9.17, 15) is 9.59 Å². The molecule has 126 valence electrons. The Hall–Kier alpha value is -1.26. The van der Waals surface area contributed by atoms with Crippen LogP contribution in [0.25, 0.3) is 0 Å². The summed E-state index contributed by atoms with van der Waals surface area (Å²) < 4.78 is 0. The molecule has 1 aliphatic rings. The maximum absolute atomic E-state index is 12.5. The summed E-state index contributed by atoms with van der Waals surface area (Å²) in [5.74, 6) is 0.592. The van der Waals surface area contributed by atoms with E-state index in [4.69, 9.17) is 23.2 Å². The van der Waals surface area contributed by atoms with E-state index in [1.54, 1.807) is 11.0 Å². The topological polar surface area (TPSA) is 40.6 Å². The summed E-state index contributed by atoms with van der Waals surface area (Å²) in [6, 6.07) is 5.47. The first-order chi connectivity index (χ1) is 11.1. The second-order valence-corrected chi connectivity index (χ2v) is 6.41. The number of piperazine rings is 1. The standard InChI is InChI=1S/C17H22Cl2N2O2/c1-2-13-5-6-14(12-15(13)19)17(23)21-10-8-20(9-11-21)16(22)4-3-7-18/h5-6,12H,2-4,7-11H2,1H3. The van der Waals surface area contributed by atoms with Gasteiger partial charge < -0.3 is 9.80 Å². The number of aryl methyl sites for hydroxylation is 1. The largest absolute Gasteiger partial charge is 0.339 e. The first kappa shape index (κ1) is 18.1. The van der Waals surface area contributed by atoms with E-state index in [1.807, 2.05) is 24.0 Å². The van der Waals surface area contributed by atoms with Crippen molar-refractivity contribution in [3.05, 3.63) is 34.3 Å². The van der Waals surface area contributed by atoms with Crippen molar-refractivity contribution in [3.63, 3.8) is 0 Å². The molecule has 0 N–H and O–H groups in total. The van der Waals surface area contributed by atoms with Crippen molar-refractivity contribution in [2.24, 2.45) is 0 Å². The zero-order chi connectivity index (χ0) is 16.8. The molecule has 23 heavy (non-hydrogen) atoms. The first-order valence-corrected chi connectivity index (χ1v) is 8.89. The second kappa shape index (κ2) is 8.55. The Balaban J connectivity index is 1.93. The van der Waals surface area contributed by atoms with E-state index >= 15 is 0 Å². The second-order valence-electron chi connectivity index (χ2n) is 5.63. The number of nitrogens with zero attached hydrogens (tertiary/aromatic N) is 2. The summed E-state index contributed by atoms with van der Waals surface area (Å²) in [6.45, 7) is 4.29. The lowest BCUT2D eigenvalue weighted by Gasteiger charge is -2.35. The van der Waals surface area contributed by atoms with Crippen molar-refractivity contribution >= 4 is 35.0 Å². The zero-order valence-electron chi connectivity index (χ0n) is 13.4. The number of alkyl halides is 1. The summed E-state index contributed by atoms with van der Waals surface area (Å²) in [5, 5.41) is 0.633. The van der Waals surface area contributed by atoms with E-state index < -0.39 is 0 Å². The van der Waals surface area contributed by atoms with E-state index in [1.165, 1.54) is 0 Å². The van der Waals surface area contributed by atoms with Crippen molar-refractivity contribution in [1.82, 2.24) is 9.80 Å². The van der Waals surface area contributed by atoms with Gasteiger partial charge in [-0.15, -0.1) is 11.6 Å². The van der Waals surface area contributed by atoms with Crippen molar-refractivity contribution in [2.45, 2.75) is 26.2 Å². The normalized spacial score (nSPS) is 14.9. The third kappa shape index (κ3) is 4.61. The predicted molar refractivity (Wildman–Crippen MR) is 93.3 cm³/mol. The number of amides is 2. The highest BCUT2D eigenvalue weighted by Crippen LogP contribution is 2.20. The van der Waals surface area contributed by atoms with Crippen LogP contribution in [-0.4, -0.2) is 53.7 Å². The van der Waals surface area contributed by atoms with Crippen molar-refractivity contribution in [3.8, 4) is 0 Å². The third-order valence-corrected chi connectivity index (χ3v) is 4.74. The Bertz CT molecular complexity index is 570. The van der Waals surface area contributed by atoms with Gasteiger partial charge in [-0.3, -0.25) is 9.59 Å². The number of hydrogen-bond donors (Lipinski definition) is 0. The Labute approximate surface area is 147 Å². The Morgan fingerprint density at radius 3 is 2.35 bits per heavy atom. The number of carbonyl (C=O) groups is 2. The van der Waals surface area contributed by atoms with Crippen molar-refractivity contribution < 1.29 is 9.59 Å². The molecule has 0 spiro atoms. The fourth-order valence-corrected chi connectivity index (χ4v) is 3.13. The molecule has 1 heterocycles. The molecule has 2 rings (SSSR count). The minimum absolute atomic E-state index is 0.0255. The van der Waals surface area contributed by atoms with Gasteiger partial charge in [-0.1, -0.05) is 24.6 Å². The molecule has 1 aromatic carbocycles. The highest BCUT2D eigenvalue weighted by atomic mass is 35.5. The molecule has 0 saturated carbocycles. The quantitative estimate of drug-likeness (QED) is 0.760. The summed E-state index contributed by atoms with van der Waals surface area (Å²) in [7, 11) is 0. The summed E-state index contributed by atoms with van der Waals surface area (Å²) in [4.78, 5) is 28.1. The van der Waals surface area contributed by atoms with Gasteiger partial charge in [0.2, 0.25) is 5.91 Å². The zero-order valence-corrected chi connectivity index (χ0v) is 14.9. The van der Waals surface area contributed by atoms with E-state index in [0.717, 1.165) is 12.0 Å². The van der Waals surface area contributed by atoms with Gasteiger partial charge in [0.15, 0.2) is 0 Å². The van der Waals surface area contributed by atoms with Gasteiger partial charge in [0.25, 0.3) is 5.91 Å². The highest BCUT2D eigenvalue weighted by molar-refractivity contribution is 6.31. The Kier molecular flexibility index (Phi) is 6.72. The molecule has 1 aliphatic heterocycles. The lowest BCUT2D eigenvalue weighted by molar-refractivity contribution is -0.132. The van der Waals surface area contributed by atoms with Crippen LogP contribution in [0.5, 0.6) is 0 Å². The number of carbonyl (C=O) groups excluding carboxylic acids is 2.